The van der Waals surface area contributed by atoms with E-state index in [2.05, 4.69) is 24.1 Å². The number of β-lactam (4-membered cyclic amide) rings is 1. The molecule has 0 aromatic carbocycles. The van der Waals surface area contributed by atoms with Crippen molar-refractivity contribution in [2.45, 2.75) is 31.1 Å². The number of rotatable bonds is 13. The summed E-state index contributed by atoms with van der Waals surface area (Å²) in [5.41, 5.74) is -0.182. The van der Waals surface area contributed by atoms with Crippen LogP contribution in [0.25, 0.3) is 0 Å². The first-order chi connectivity index (χ1) is 18.2. The van der Waals surface area contributed by atoms with E-state index in [0.29, 0.717) is 5.01 Å². The van der Waals surface area contributed by atoms with Crippen LogP contribution >= 0.6 is 22.9 Å². The van der Waals surface area contributed by atoms with E-state index in [1.54, 1.807) is 6.92 Å². The van der Waals surface area contributed by atoms with Crippen LogP contribution in [0.15, 0.2) is 21.8 Å². The SMILES string of the molecule is [B]OC(=O)C[C@H]([B]OC=O)O/N=C(\C(=O)C[C@@H]1C(=O)N2C(C(=O)O[B])=C(CCl)CS(=O)[C@H]12)c1csc(C)n1. The van der Waals surface area contributed by atoms with Crippen LogP contribution in [0, 0.1) is 12.8 Å². The van der Waals surface area contributed by atoms with Crippen molar-refractivity contribution in [2.24, 2.45) is 11.1 Å². The summed E-state index contributed by atoms with van der Waals surface area (Å²) in [5.74, 6) is -4.69. The van der Waals surface area contributed by atoms with Gasteiger partial charge in [-0.05, 0) is 12.5 Å². The molecule has 1 aromatic heterocycles. The van der Waals surface area contributed by atoms with Gasteiger partial charge in [0.1, 0.15) is 16.8 Å². The maximum atomic E-state index is 13.3. The van der Waals surface area contributed by atoms with Gasteiger partial charge < -0.3 is 18.8 Å². The van der Waals surface area contributed by atoms with Crippen molar-refractivity contribution in [1.82, 2.24) is 9.88 Å². The highest BCUT2D eigenvalue weighted by Crippen LogP contribution is 2.41. The first kappa shape index (κ1) is 29.6. The molecule has 38 heavy (non-hydrogen) atoms. The molecule has 1 amide bonds. The van der Waals surface area contributed by atoms with Crippen molar-refractivity contribution in [1.29, 1.82) is 0 Å². The molecule has 1 unspecified atom stereocenters. The molecule has 0 saturated carbocycles. The van der Waals surface area contributed by atoms with Gasteiger partial charge in [-0.2, -0.15) is 0 Å². The molecule has 4 atom stereocenters. The van der Waals surface area contributed by atoms with Crippen LogP contribution < -0.4 is 0 Å². The number of carbonyl (C=O) groups excluding carboxylic acids is 5. The predicted molar refractivity (Wildman–Crippen MR) is 134 cm³/mol. The minimum absolute atomic E-state index is 0.0702. The normalized spacial score (nSPS) is 21.5. The third-order valence-electron chi connectivity index (χ3n) is 5.37. The summed E-state index contributed by atoms with van der Waals surface area (Å²) in [6, 6.07) is -1.28. The second-order valence-corrected chi connectivity index (χ2v) is 10.6. The van der Waals surface area contributed by atoms with Crippen molar-refractivity contribution in [3.8, 4) is 0 Å². The van der Waals surface area contributed by atoms with Gasteiger partial charge in [-0.3, -0.25) is 28.3 Å². The van der Waals surface area contributed by atoms with Crippen LogP contribution in [0.3, 0.4) is 0 Å². The third-order valence-corrected chi connectivity index (χ3v) is 8.18. The summed E-state index contributed by atoms with van der Waals surface area (Å²) in [4.78, 5) is 71.0. The van der Waals surface area contributed by atoms with Gasteiger partial charge in [0.15, 0.2) is 17.5 Å². The Morgan fingerprint density at radius 1 is 1.39 bits per heavy atom. The number of aromatic nitrogens is 1. The summed E-state index contributed by atoms with van der Waals surface area (Å²) in [6.45, 7) is 1.75. The van der Waals surface area contributed by atoms with E-state index < -0.39 is 64.6 Å². The Bertz CT molecular complexity index is 1230. The minimum Gasteiger partial charge on any atom is -0.543 e. The fraction of sp³-hybridized carbons (Fsp3) is 0.421. The highest BCUT2D eigenvalue weighted by Gasteiger charge is 2.57. The lowest BCUT2D eigenvalue weighted by atomic mass is 9.88. The molecule has 3 rings (SSSR count). The summed E-state index contributed by atoms with van der Waals surface area (Å²) in [6.07, 6.45) is -0.979. The number of alkyl halides is 1. The zero-order valence-corrected chi connectivity index (χ0v) is 22.0. The number of oxime groups is 1. The van der Waals surface area contributed by atoms with Crippen LogP contribution in [-0.2, 0) is 53.6 Å². The van der Waals surface area contributed by atoms with Crippen molar-refractivity contribution < 1.29 is 47.0 Å². The lowest BCUT2D eigenvalue weighted by Crippen LogP contribution is -2.66. The maximum absolute atomic E-state index is 13.3. The van der Waals surface area contributed by atoms with Gasteiger partial charge in [0.2, 0.25) is 5.91 Å². The summed E-state index contributed by atoms with van der Waals surface area (Å²) < 4.78 is 25.7. The molecule has 5 radical (unpaired) electrons. The highest BCUT2D eigenvalue weighted by atomic mass is 35.5. The van der Waals surface area contributed by atoms with Crippen molar-refractivity contribution in [3.05, 3.63) is 27.4 Å². The molecule has 1 aromatic rings. The first-order valence-electron chi connectivity index (χ1n) is 10.6. The molecule has 0 bridgehead atoms. The molecular weight excluding hydrogens is 562 g/mol. The lowest BCUT2D eigenvalue weighted by molar-refractivity contribution is -0.153. The molecule has 0 spiro atoms. The Hall–Kier alpha value is -2.98. The van der Waals surface area contributed by atoms with Gasteiger partial charge >= 0.3 is 29.5 Å². The van der Waals surface area contributed by atoms with Gasteiger partial charge in [-0.25, -0.2) is 9.78 Å². The van der Waals surface area contributed by atoms with E-state index in [-0.39, 0.29) is 40.8 Å². The number of hydrogen-bond acceptors (Lipinski definition) is 13. The van der Waals surface area contributed by atoms with Gasteiger partial charge in [-0.15, -0.1) is 22.9 Å². The number of thiazole rings is 1. The quantitative estimate of drug-likeness (QED) is 0.0698. The molecule has 19 heteroatoms. The second-order valence-electron chi connectivity index (χ2n) is 7.75. The molecule has 0 N–H and O–H groups in total. The standard InChI is InChI=1S/C19H16B3ClN3O10S2/c1-8-24-11(5-37-8)15(25-36-13(22-33-7-27)3-14(29)34-20)12(28)2-10-17(30)26-16(19(31)35-21)9(4-23)6-38(32)18(10)26/h5,7,10,13,18H,2-4,6H2,1H3/b25-15-/t10-,13-,18-,38?/m1/s1. The fourth-order valence-electron chi connectivity index (χ4n) is 3.72. The number of Topliss-reactive ketones (excluding diaryl/α,β-unsaturated/α-hetero) is 1. The predicted octanol–water partition coefficient (Wildman–Crippen LogP) is -1.07. The Balaban J connectivity index is 1.86. The zero-order chi connectivity index (χ0) is 28.0. The summed E-state index contributed by atoms with van der Waals surface area (Å²) >= 11 is 7.06. The van der Waals surface area contributed by atoms with Crippen molar-refractivity contribution >= 4 is 93.1 Å². The zero-order valence-electron chi connectivity index (χ0n) is 19.6. The topological polar surface area (TPSA) is 168 Å². The first-order valence-corrected chi connectivity index (χ1v) is 13.4. The Morgan fingerprint density at radius 2 is 2.13 bits per heavy atom. The minimum atomic E-state index is -1.68. The average molecular weight is 578 g/mol. The largest absolute Gasteiger partial charge is 0.543 e. The third kappa shape index (κ3) is 6.35. The molecule has 1 saturated heterocycles. The van der Waals surface area contributed by atoms with Gasteiger partial charge in [0.05, 0.1) is 23.1 Å². The second kappa shape index (κ2) is 13.2. The molecule has 1 fully saturated rings. The molecule has 13 nitrogen and oxygen atoms in total. The van der Waals surface area contributed by atoms with Crippen molar-refractivity contribution in [2.75, 3.05) is 11.6 Å². The number of carbonyl (C=O) groups is 5. The number of fused-ring (bicyclic) bond motifs is 1. The number of nitrogens with zero attached hydrogens (tertiary/aromatic N) is 3. The molecule has 3 heterocycles. The Labute approximate surface area is 230 Å². The molecule has 195 valence electrons. The van der Waals surface area contributed by atoms with E-state index in [4.69, 9.17) is 32.5 Å². The number of halogens is 1. The highest BCUT2D eigenvalue weighted by molar-refractivity contribution is 7.86. The van der Waals surface area contributed by atoms with Gasteiger partial charge in [0, 0.05) is 28.5 Å². The Morgan fingerprint density at radius 3 is 2.71 bits per heavy atom. The van der Waals surface area contributed by atoms with Crippen molar-refractivity contribution in [3.63, 3.8) is 0 Å². The maximum Gasteiger partial charge on any atom is 0.421 e. The Kier molecular flexibility index (Phi) is 10.3. The average Bonchev–Trinajstić information content (AvgIpc) is 3.34. The van der Waals surface area contributed by atoms with Crippen LogP contribution in [0.5, 0.6) is 0 Å². The summed E-state index contributed by atoms with van der Waals surface area (Å²) in [5, 5.41) is 4.90. The fourth-order valence-corrected chi connectivity index (χ4v) is 6.43. The van der Waals surface area contributed by atoms with Gasteiger partial charge in [0.25, 0.3) is 12.4 Å². The van der Waals surface area contributed by atoms with E-state index in [1.807, 2.05) is 0 Å². The van der Waals surface area contributed by atoms with Crippen LogP contribution in [0.1, 0.15) is 23.5 Å². The molecule has 0 aliphatic carbocycles. The van der Waals surface area contributed by atoms with E-state index in [1.165, 1.54) is 16.7 Å². The van der Waals surface area contributed by atoms with Crippen LogP contribution in [0.4, 0.5) is 0 Å². The molecular formula is C19H16B3ClN3O10S2. The molecule has 2 aliphatic heterocycles. The van der Waals surface area contributed by atoms with Gasteiger partial charge in [-0.1, -0.05) is 5.16 Å². The van der Waals surface area contributed by atoms with Crippen LogP contribution in [0.2, 0.25) is 0 Å². The smallest absolute Gasteiger partial charge is 0.421 e. The monoisotopic (exact) mass is 578 g/mol. The van der Waals surface area contributed by atoms with E-state index in [0.717, 1.165) is 12.4 Å². The van der Waals surface area contributed by atoms with Crippen LogP contribution in [-0.4, -0.2) is 96.5 Å². The molecule has 2 aliphatic rings. The lowest BCUT2D eigenvalue weighted by Gasteiger charge is -2.49. The van der Waals surface area contributed by atoms with E-state index >= 15 is 0 Å². The number of hydrogen-bond donors (Lipinski definition) is 0. The summed E-state index contributed by atoms with van der Waals surface area (Å²) in [7, 11) is 8.96. The number of aryl methyl sites for hydroxylation is 1. The van der Waals surface area contributed by atoms with E-state index in [9.17, 15) is 28.2 Å². The number of ketones is 1. The number of amides is 1.